The van der Waals surface area contributed by atoms with Crippen LogP contribution in [0.5, 0.6) is 0 Å². The summed E-state index contributed by atoms with van der Waals surface area (Å²) in [5.74, 6) is 0. The van der Waals surface area contributed by atoms with E-state index in [0.717, 1.165) is 5.69 Å². The van der Waals surface area contributed by atoms with E-state index in [-0.39, 0.29) is 0 Å². The molecule has 0 saturated carbocycles. The molecule has 0 aliphatic rings. The Morgan fingerprint density at radius 2 is 2.08 bits per heavy atom. The number of benzene rings is 1. The van der Waals surface area contributed by atoms with Crippen molar-refractivity contribution in [2.75, 3.05) is 5.73 Å². The van der Waals surface area contributed by atoms with Crippen LogP contribution in [0.4, 0.5) is 5.69 Å². The number of anilines is 1. The SMILES string of the molecule is Cc1cc(N)cc2cc(I)sc12. The van der Waals surface area contributed by atoms with Crippen molar-refractivity contribution in [1.82, 2.24) is 0 Å². The van der Waals surface area contributed by atoms with Crippen LogP contribution in [0.2, 0.25) is 0 Å². The minimum atomic E-state index is 0.856. The van der Waals surface area contributed by atoms with Crippen LogP contribution in [0.25, 0.3) is 10.1 Å². The first-order chi connectivity index (χ1) is 5.66. The van der Waals surface area contributed by atoms with Crippen LogP contribution in [-0.2, 0) is 0 Å². The molecule has 2 N–H and O–H groups in total. The zero-order valence-corrected chi connectivity index (χ0v) is 9.57. The molecule has 12 heavy (non-hydrogen) atoms. The standard InChI is InChI=1S/C9H8INS/c1-5-2-7(11)3-6-4-8(10)12-9(5)6/h2-4H,11H2,1H3. The molecular weight excluding hydrogens is 281 g/mol. The van der Waals surface area contributed by atoms with Crippen molar-refractivity contribution >= 4 is 49.7 Å². The lowest BCUT2D eigenvalue weighted by molar-refractivity contribution is 1.56. The first-order valence-electron chi connectivity index (χ1n) is 3.62. The third kappa shape index (κ3) is 1.31. The highest BCUT2D eigenvalue weighted by atomic mass is 127. The highest BCUT2D eigenvalue weighted by Crippen LogP contribution is 2.31. The highest BCUT2D eigenvalue weighted by Gasteiger charge is 2.02. The highest BCUT2D eigenvalue weighted by molar-refractivity contribution is 14.1. The molecule has 0 aliphatic carbocycles. The Morgan fingerprint density at radius 3 is 2.83 bits per heavy atom. The normalized spacial score (nSPS) is 10.8. The van der Waals surface area contributed by atoms with E-state index in [0.29, 0.717) is 0 Å². The van der Waals surface area contributed by atoms with Crippen LogP contribution in [0.1, 0.15) is 5.56 Å². The maximum absolute atomic E-state index is 5.74. The number of nitrogens with two attached hydrogens (primary N) is 1. The minimum absolute atomic E-state index is 0.856. The fourth-order valence-electron chi connectivity index (χ4n) is 1.33. The molecule has 0 atom stereocenters. The van der Waals surface area contributed by atoms with Gasteiger partial charge < -0.3 is 5.73 Å². The van der Waals surface area contributed by atoms with E-state index in [1.54, 1.807) is 0 Å². The Hall–Kier alpha value is -0.290. The number of aryl methyl sites for hydroxylation is 1. The van der Waals surface area contributed by atoms with Crippen LogP contribution >= 0.6 is 33.9 Å². The summed E-state index contributed by atoms with van der Waals surface area (Å²) < 4.78 is 2.67. The monoisotopic (exact) mass is 289 g/mol. The number of fused-ring (bicyclic) bond motifs is 1. The molecule has 1 aromatic heterocycles. The molecule has 1 heterocycles. The molecule has 3 heteroatoms. The van der Waals surface area contributed by atoms with Gasteiger partial charge in [0.25, 0.3) is 0 Å². The summed E-state index contributed by atoms with van der Waals surface area (Å²) in [4.78, 5) is 0. The Kier molecular flexibility index (Phi) is 2.00. The number of hydrogen-bond acceptors (Lipinski definition) is 2. The van der Waals surface area contributed by atoms with E-state index < -0.39 is 0 Å². The predicted octanol–water partition coefficient (Wildman–Crippen LogP) is 3.40. The van der Waals surface area contributed by atoms with E-state index in [9.17, 15) is 0 Å². The van der Waals surface area contributed by atoms with E-state index in [2.05, 4.69) is 35.6 Å². The number of halogens is 1. The Labute approximate surface area is 88.7 Å². The zero-order valence-electron chi connectivity index (χ0n) is 6.60. The molecule has 0 radical (unpaired) electrons. The first kappa shape index (κ1) is 8.31. The van der Waals surface area contributed by atoms with E-state index in [1.807, 2.05) is 23.5 Å². The van der Waals surface area contributed by atoms with Gasteiger partial charge in [-0.3, -0.25) is 0 Å². The Bertz CT molecular complexity index is 433. The van der Waals surface area contributed by atoms with Crippen molar-refractivity contribution in [3.8, 4) is 0 Å². The molecule has 0 amide bonds. The third-order valence-electron chi connectivity index (χ3n) is 1.79. The Morgan fingerprint density at radius 1 is 1.33 bits per heavy atom. The summed E-state index contributed by atoms with van der Waals surface area (Å²) in [6, 6.07) is 6.22. The Balaban J connectivity index is 2.88. The fourth-order valence-corrected chi connectivity index (χ4v) is 3.16. The second kappa shape index (κ2) is 2.88. The lowest BCUT2D eigenvalue weighted by Gasteiger charge is -1.97. The van der Waals surface area contributed by atoms with Gasteiger partial charge in [-0.15, -0.1) is 11.3 Å². The van der Waals surface area contributed by atoms with Gasteiger partial charge in [0.1, 0.15) is 0 Å². The van der Waals surface area contributed by atoms with E-state index in [1.165, 1.54) is 18.5 Å². The van der Waals surface area contributed by atoms with Gasteiger partial charge >= 0.3 is 0 Å². The maximum Gasteiger partial charge on any atom is 0.0666 e. The van der Waals surface area contributed by atoms with Gasteiger partial charge in [0, 0.05) is 10.4 Å². The first-order valence-corrected chi connectivity index (χ1v) is 5.51. The quantitative estimate of drug-likeness (QED) is 0.584. The maximum atomic E-state index is 5.74. The second-order valence-corrected chi connectivity index (χ2v) is 5.75. The molecule has 0 fully saturated rings. The minimum Gasteiger partial charge on any atom is -0.399 e. The molecule has 0 spiro atoms. The molecule has 1 aromatic carbocycles. The van der Waals surface area contributed by atoms with Crippen LogP contribution in [0.3, 0.4) is 0 Å². The molecule has 2 aromatic rings. The third-order valence-corrected chi connectivity index (χ3v) is 3.84. The molecule has 0 unspecified atom stereocenters. The summed E-state index contributed by atoms with van der Waals surface area (Å²) in [6.45, 7) is 2.10. The van der Waals surface area contributed by atoms with Crippen molar-refractivity contribution in [3.63, 3.8) is 0 Å². The second-order valence-electron chi connectivity index (χ2n) is 2.81. The molecular formula is C9H8INS. The van der Waals surface area contributed by atoms with Gasteiger partial charge in [-0.05, 0) is 58.7 Å². The van der Waals surface area contributed by atoms with Gasteiger partial charge in [-0.2, -0.15) is 0 Å². The van der Waals surface area contributed by atoms with Gasteiger partial charge in [-0.25, -0.2) is 0 Å². The number of thiophene rings is 1. The van der Waals surface area contributed by atoms with E-state index in [4.69, 9.17) is 5.73 Å². The van der Waals surface area contributed by atoms with Crippen LogP contribution in [0, 0.1) is 9.81 Å². The molecule has 0 aliphatic heterocycles. The number of rotatable bonds is 0. The average Bonchev–Trinajstić information content (AvgIpc) is 2.29. The fraction of sp³-hybridized carbons (Fsp3) is 0.111. The van der Waals surface area contributed by atoms with Crippen molar-refractivity contribution in [1.29, 1.82) is 0 Å². The van der Waals surface area contributed by atoms with E-state index >= 15 is 0 Å². The van der Waals surface area contributed by atoms with Gasteiger partial charge in [0.05, 0.1) is 2.88 Å². The van der Waals surface area contributed by atoms with Crippen molar-refractivity contribution < 1.29 is 0 Å². The molecule has 1 nitrogen and oxygen atoms in total. The van der Waals surface area contributed by atoms with Crippen molar-refractivity contribution in [2.24, 2.45) is 0 Å². The largest absolute Gasteiger partial charge is 0.399 e. The van der Waals surface area contributed by atoms with Gasteiger partial charge in [0.2, 0.25) is 0 Å². The molecule has 2 rings (SSSR count). The topological polar surface area (TPSA) is 26.0 Å². The molecule has 62 valence electrons. The number of hydrogen-bond donors (Lipinski definition) is 1. The zero-order chi connectivity index (χ0) is 8.72. The predicted molar refractivity (Wildman–Crippen MR) is 63.7 cm³/mol. The number of nitrogen functional groups attached to an aromatic ring is 1. The summed E-state index contributed by atoms with van der Waals surface area (Å²) in [7, 11) is 0. The van der Waals surface area contributed by atoms with Crippen molar-refractivity contribution in [2.45, 2.75) is 6.92 Å². The lowest BCUT2D eigenvalue weighted by atomic mass is 10.2. The van der Waals surface area contributed by atoms with Gasteiger partial charge in [0.15, 0.2) is 0 Å². The van der Waals surface area contributed by atoms with Crippen LogP contribution in [-0.4, -0.2) is 0 Å². The lowest BCUT2D eigenvalue weighted by Crippen LogP contribution is -1.84. The summed E-state index contributed by atoms with van der Waals surface area (Å²) in [5.41, 5.74) is 7.87. The molecule has 0 bridgehead atoms. The van der Waals surface area contributed by atoms with Crippen LogP contribution in [0.15, 0.2) is 18.2 Å². The van der Waals surface area contributed by atoms with Crippen molar-refractivity contribution in [3.05, 3.63) is 26.6 Å². The summed E-state index contributed by atoms with van der Waals surface area (Å²) in [6.07, 6.45) is 0. The molecule has 0 saturated heterocycles. The average molecular weight is 289 g/mol. The summed E-state index contributed by atoms with van der Waals surface area (Å²) >= 11 is 4.16. The smallest absolute Gasteiger partial charge is 0.0666 e. The van der Waals surface area contributed by atoms with Gasteiger partial charge in [-0.1, -0.05) is 0 Å². The summed E-state index contributed by atoms with van der Waals surface area (Å²) in [5, 5.41) is 1.27. The van der Waals surface area contributed by atoms with Crippen LogP contribution < -0.4 is 5.73 Å².